The van der Waals surface area contributed by atoms with Gasteiger partial charge < -0.3 is 14.4 Å². The van der Waals surface area contributed by atoms with Crippen molar-refractivity contribution in [1.82, 2.24) is 0 Å². The van der Waals surface area contributed by atoms with Crippen molar-refractivity contribution in [3.63, 3.8) is 0 Å². The van der Waals surface area contributed by atoms with Crippen molar-refractivity contribution in [1.29, 1.82) is 0 Å². The maximum atomic E-state index is 5.34. The fraction of sp³-hybridized carbons (Fsp3) is 0.400. The van der Waals surface area contributed by atoms with E-state index in [1.807, 2.05) is 24.3 Å². The molecule has 0 amide bonds. The minimum Gasteiger partial charge on any atom is -0.497 e. The van der Waals surface area contributed by atoms with Crippen LogP contribution in [0.15, 0.2) is 48.5 Å². The van der Waals surface area contributed by atoms with Gasteiger partial charge in [0.1, 0.15) is 11.5 Å². The van der Waals surface area contributed by atoms with E-state index in [1.54, 1.807) is 14.2 Å². The number of benzene rings is 2. The second-order valence-corrected chi connectivity index (χ2v) is 5.68. The van der Waals surface area contributed by atoms with Crippen LogP contribution in [0, 0.1) is 0 Å². The van der Waals surface area contributed by atoms with Crippen molar-refractivity contribution in [3.8, 4) is 11.5 Å². The molecule has 0 N–H and O–H groups in total. The number of rotatable bonds is 9. The Hall–Kier alpha value is -2.16. The van der Waals surface area contributed by atoms with E-state index in [0.29, 0.717) is 0 Å². The predicted octanol–water partition coefficient (Wildman–Crippen LogP) is 4.90. The molecule has 0 radical (unpaired) electrons. The highest BCUT2D eigenvalue weighted by Crippen LogP contribution is 2.23. The number of unbranched alkanes of at least 4 members (excludes halogenated alkanes) is 2. The molecule has 0 aromatic heterocycles. The molecule has 0 fully saturated rings. The Morgan fingerprint density at radius 1 is 0.870 bits per heavy atom. The fourth-order valence-corrected chi connectivity index (χ4v) is 2.64. The van der Waals surface area contributed by atoms with Crippen molar-refractivity contribution < 1.29 is 9.47 Å². The topological polar surface area (TPSA) is 21.7 Å². The molecule has 0 saturated carbocycles. The Morgan fingerprint density at radius 2 is 1.61 bits per heavy atom. The van der Waals surface area contributed by atoms with Crippen molar-refractivity contribution >= 4 is 5.69 Å². The molecular formula is C20H27NO2. The first kappa shape index (κ1) is 17.2. The van der Waals surface area contributed by atoms with Crippen LogP contribution in [0.5, 0.6) is 11.5 Å². The van der Waals surface area contributed by atoms with E-state index in [9.17, 15) is 0 Å². The summed E-state index contributed by atoms with van der Waals surface area (Å²) in [6.45, 7) is 4.17. The number of anilines is 1. The lowest BCUT2D eigenvalue weighted by atomic mass is 10.1. The van der Waals surface area contributed by atoms with Crippen molar-refractivity contribution in [2.75, 3.05) is 25.7 Å². The van der Waals surface area contributed by atoms with Crippen LogP contribution in [0.3, 0.4) is 0 Å². The highest BCUT2D eigenvalue weighted by molar-refractivity contribution is 5.49. The molecule has 2 aromatic rings. The standard InChI is InChI=1S/C20H27NO2/c1-4-5-6-14-21(18-10-12-19(22-2)13-11-18)16-17-8-7-9-20(15-17)23-3/h7-13,15H,4-6,14,16H2,1-3H3. The molecule has 0 heterocycles. The summed E-state index contributed by atoms with van der Waals surface area (Å²) in [4.78, 5) is 2.42. The van der Waals surface area contributed by atoms with E-state index in [2.05, 4.69) is 36.1 Å². The predicted molar refractivity (Wildman–Crippen MR) is 96.6 cm³/mol. The molecule has 0 aliphatic carbocycles. The van der Waals surface area contributed by atoms with Crippen molar-refractivity contribution in [2.45, 2.75) is 32.7 Å². The highest BCUT2D eigenvalue weighted by atomic mass is 16.5. The summed E-state index contributed by atoms with van der Waals surface area (Å²) in [6, 6.07) is 16.6. The summed E-state index contributed by atoms with van der Waals surface area (Å²) in [5.74, 6) is 1.80. The highest BCUT2D eigenvalue weighted by Gasteiger charge is 2.08. The molecule has 124 valence electrons. The van der Waals surface area contributed by atoms with Gasteiger partial charge in [-0.3, -0.25) is 0 Å². The Morgan fingerprint density at radius 3 is 2.26 bits per heavy atom. The summed E-state index contributed by atoms with van der Waals surface area (Å²) in [5, 5.41) is 0. The van der Waals surface area contributed by atoms with E-state index in [-0.39, 0.29) is 0 Å². The molecule has 0 atom stereocenters. The van der Waals surface area contributed by atoms with Gasteiger partial charge >= 0.3 is 0 Å². The molecule has 0 unspecified atom stereocenters. The number of hydrogen-bond acceptors (Lipinski definition) is 3. The molecule has 0 spiro atoms. The van der Waals surface area contributed by atoms with Crippen LogP contribution in [-0.2, 0) is 6.54 Å². The van der Waals surface area contributed by atoms with Gasteiger partial charge in [0.2, 0.25) is 0 Å². The summed E-state index contributed by atoms with van der Waals surface area (Å²) >= 11 is 0. The molecule has 0 aliphatic rings. The smallest absolute Gasteiger partial charge is 0.119 e. The second kappa shape index (κ2) is 9.09. The van der Waals surface area contributed by atoms with Crippen molar-refractivity contribution in [2.24, 2.45) is 0 Å². The van der Waals surface area contributed by atoms with Gasteiger partial charge in [0.15, 0.2) is 0 Å². The third-order valence-corrected chi connectivity index (χ3v) is 3.98. The van der Waals surface area contributed by atoms with Gasteiger partial charge in [0.25, 0.3) is 0 Å². The van der Waals surface area contributed by atoms with E-state index >= 15 is 0 Å². The zero-order valence-corrected chi connectivity index (χ0v) is 14.4. The van der Waals surface area contributed by atoms with E-state index in [1.165, 1.54) is 30.5 Å². The first-order valence-electron chi connectivity index (χ1n) is 8.28. The van der Waals surface area contributed by atoms with E-state index < -0.39 is 0 Å². The van der Waals surface area contributed by atoms with Gasteiger partial charge in [-0.05, 0) is 48.4 Å². The Labute approximate surface area is 139 Å². The molecule has 2 rings (SSSR count). The summed E-state index contributed by atoms with van der Waals surface area (Å²) in [5.41, 5.74) is 2.49. The van der Waals surface area contributed by atoms with Crippen LogP contribution in [-0.4, -0.2) is 20.8 Å². The monoisotopic (exact) mass is 313 g/mol. The van der Waals surface area contributed by atoms with E-state index in [0.717, 1.165) is 24.6 Å². The van der Waals surface area contributed by atoms with Crippen LogP contribution in [0.25, 0.3) is 0 Å². The Balaban J connectivity index is 2.14. The number of hydrogen-bond donors (Lipinski definition) is 0. The van der Waals surface area contributed by atoms with Crippen LogP contribution in [0.2, 0.25) is 0 Å². The zero-order valence-electron chi connectivity index (χ0n) is 14.4. The molecule has 3 heteroatoms. The molecule has 0 saturated heterocycles. The average molecular weight is 313 g/mol. The maximum absolute atomic E-state index is 5.34. The molecule has 0 aliphatic heterocycles. The zero-order chi connectivity index (χ0) is 16.5. The third-order valence-electron chi connectivity index (χ3n) is 3.98. The van der Waals surface area contributed by atoms with Crippen LogP contribution in [0.4, 0.5) is 5.69 Å². The number of methoxy groups -OCH3 is 2. The maximum Gasteiger partial charge on any atom is 0.119 e. The van der Waals surface area contributed by atoms with Crippen LogP contribution < -0.4 is 14.4 Å². The minimum atomic E-state index is 0.882. The lowest BCUT2D eigenvalue weighted by Crippen LogP contribution is -2.23. The van der Waals surface area contributed by atoms with E-state index in [4.69, 9.17) is 9.47 Å². The second-order valence-electron chi connectivity index (χ2n) is 5.68. The Kier molecular flexibility index (Phi) is 6.79. The Bertz CT molecular complexity index is 580. The lowest BCUT2D eigenvalue weighted by Gasteiger charge is -2.25. The fourth-order valence-electron chi connectivity index (χ4n) is 2.64. The normalized spacial score (nSPS) is 10.4. The lowest BCUT2D eigenvalue weighted by molar-refractivity contribution is 0.414. The molecule has 23 heavy (non-hydrogen) atoms. The average Bonchev–Trinajstić information content (AvgIpc) is 2.61. The SMILES string of the molecule is CCCCCN(Cc1cccc(OC)c1)c1ccc(OC)cc1. The minimum absolute atomic E-state index is 0.882. The molecule has 0 bridgehead atoms. The largest absolute Gasteiger partial charge is 0.497 e. The molecule has 2 aromatic carbocycles. The summed E-state index contributed by atoms with van der Waals surface area (Å²) in [6.07, 6.45) is 3.69. The molecular weight excluding hydrogens is 286 g/mol. The number of nitrogens with zero attached hydrogens (tertiary/aromatic N) is 1. The van der Waals surface area contributed by atoms with Crippen molar-refractivity contribution in [3.05, 3.63) is 54.1 Å². The first-order chi connectivity index (χ1) is 11.3. The van der Waals surface area contributed by atoms with Crippen LogP contribution >= 0.6 is 0 Å². The van der Waals surface area contributed by atoms with Gasteiger partial charge in [0.05, 0.1) is 14.2 Å². The van der Waals surface area contributed by atoms with Gasteiger partial charge in [-0.25, -0.2) is 0 Å². The summed E-state index contributed by atoms with van der Waals surface area (Å²) < 4.78 is 10.6. The van der Waals surface area contributed by atoms with Gasteiger partial charge in [-0.15, -0.1) is 0 Å². The van der Waals surface area contributed by atoms with Gasteiger partial charge in [-0.1, -0.05) is 31.9 Å². The summed E-state index contributed by atoms with van der Waals surface area (Å²) in [7, 11) is 3.41. The number of ether oxygens (including phenoxy) is 2. The van der Waals surface area contributed by atoms with Crippen LogP contribution in [0.1, 0.15) is 31.7 Å². The third kappa shape index (κ3) is 5.20. The molecule has 3 nitrogen and oxygen atoms in total. The van der Waals surface area contributed by atoms with Gasteiger partial charge in [-0.2, -0.15) is 0 Å². The first-order valence-corrected chi connectivity index (χ1v) is 8.28. The quantitative estimate of drug-likeness (QED) is 0.615. The van der Waals surface area contributed by atoms with Gasteiger partial charge in [0, 0.05) is 18.8 Å².